The fourth-order valence-corrected chi connectivity index (χ4v) is 5.93. The number of hydrogen-bond acceptors (Lipinski definition) is 7. The molecule has 0 unspecified atom stereocenters. The summed E-state index contributed by atoms with van der Waals surface area (Å²) in [4.78, 5) is 26.2. The molecule has 6 rings (SSSR count). The minimum Gasteiger partial charge on any atom is -0.478 e. The van der Waals surface area contributed by atoms with Crippen molar-refractivity contribution in [3.8, 4) is 22.5 Å². The lowest BCUT2D eigenvalue weighted by molar-refractivity contribution is 0.0697. The van der Waals surface area contributed by atoms with Crippen LogP contribution in [0.25, 0.3) is 33.4 Å². The molecule has 244 valence electrons. The van der Waals surface area contributed by atoms with Crippen LogP contribution >= 0.6 is 0 Å². The normalized spacial score (nSPS) is 11.3. The van der Waals surface area contributed by atoms with E-state index in [9.17, 15) is 9.90 Å². The van der Waals surface area contributed by atoms with E-state index < -0.39 is 5.97 Å². The molecule has 0 fully saturated rings. The summed E-state index contributed by atoms with van der Waals surface area (Å²) in [5, 5.41) is 15.8. The second kappa shape index (κ2) is 14.5. The molecule has 2 N–H and O–H groups in total. The van der Waals surface area contributed by atoms with E-state index in [1.807, 2.05) is 135 Å². The number of aromatic nitrogens is 2. The molecule has 0 amide bonds. The highest BCUT2D eigenvalue weighted by Gasteiger charge is 2.23. The van der Waals surface area contributed by atoms with Gasteiger partial charge in [0.25, 0.3) is 0 Å². The van der Waals surface area contributed by atoms with Gasteiger partial charge in [-0.15, -0.1) is 0 Å². The first-order chi connectivity index (χ1) is 23.3. The third-order valence-electron chi connectivity index (χ3n) is 8.52. The van der Waals surface area contributed by atoms with Gasteiger partial charge in [-0.3, -0.25) is 14.9 Å². The lowest BCUT2D eigenvalue weighted by atomic mass is 9.90. The number of carboxylic acid groups (broad SMARTS) is 1. The fourth-order valence-electron chi connectivity index (χ4n) is 5.93. The molecule has 0 atom stereocenters. The summed E-state index contributed by atoms with van der Waals surface area (Å²) in [6, 6.07) is 29.6. The van der Waals surface area contributed by atoms with Crippen molar-refractivity contribution in [1.29, 1.82) is 0 Å². The Kier molecular flexibility index (Phi) is 9.78. The molecule has 4 aromatic rings. The zero-order valence-electron chi connectivity index (χ0n) is 27.9. The molecule has 0 saturated heterocycles. The highest BCUT2D eigenvalue weighted by atomic mass is 16.4. The average molecular weight is 642 g/mol. The van der Waals surface area contributed by atoms with Crippen LogP contribution in [0.5, 0.6) is 0 Å². The number of fused-ring (bicyclic) bond motifs is 2. The van der Waals surface area contributed by atoms with Gasteiger partial charge in [-0.05, 0) is 60.2 Å². The number of anilines is 2. The zero-order chi connectivity index (χ0) is 33.6. The number of nitrogens with one attached hydrogen (secondary N) is 1. The molecule has 1 aliphatic heterocycles. The average Bonchev–Trinajstić information content (AvgIpc) is 3.09. The van der Waals surface area contributed by atoms with E-state index in [0.29, 0.717) is 30.0 Å². The second-order valence-electron chi connectivity index (χ2n) is 12.3. The molecular formula is C39H41N6O3+. The minimum absolute atomic E-state index is 0.225. The molecule has 0 spiro atoms. The number of carbonyl (C=O) groups is 1. The van der Waals surface area contributed by atoms with Crippen LogP contribution in [0.1, 0.15) is 21.7 Å². The molecule has 9 heteroatoms. The second-order valence-corrected chi connectivity index (χ2v) is 12.3. The van der Waals surface area contributed by atoms with Crippen LogP contribution in [-0.4, -0.2) is 73.8 Å². The Morgan fingerprint density at radius 3 is 2.29 bits per heavy atom. The van der Waals surface area contributed by atoms with Gasteiger partial charge in [-0.2, -0.15) is 0 Å². The molecule has 48 heavy (non-hydrogen) atoms. The quantitative estimate of drug-likeness (QED) is 0.125. The lowest BCUT2D eigenvalue weighted by Gasteiger charge is -2.23. The number of benzene rings is 3. The Hall–Kier alpha value is -5.54. The van der Waals surface area contributed by atoms with Crippen molar-refractivity contribution in [1.82, 2.24) is 19.4 Å². The van der Waals surface area contributed by atoms with Crippen LogP contribution < -0.4 is 20.1 Å². The molecule has 2 aliphatic rings. The standard InChI is InChI=1S/C39H40N6O3/c1-43(2)30-12-15-33-36(24-30)48-37-25-31(44(3)4)13-16-34(37)38(33)32-14-11-28(23-35(32)39(46)47)42-20-22-45(26-29-10-6-8-19-41-29)21-17-27-9-5-7-18-40-27/h5-16,18-19,23-25H,17,20-22,26H2,1-4H3,(H,46,47)/p+1. The number of aromatic carboxylic acids is 1. The van der Waals surface area contributed by atoms with Crippen molar-refractivity contribution in [2.24, 2.45) is 0 Å². The van der Waals surface area contributed by atoms with Gasteiger partial charge in [0.15, 0.2) is 0 Å². The molecule has 1 aliphatic carbocycles. The molecular weight excluding hydrogens is 600 g/mol. The summed E-state index contributed by atoms with van der Waals surface area (Å²) in [6.07, 6.45) is 4.46. The predicted molar refractivity (Wildman–Crippen MR) is 193 cm³/mol. The molecule has 2 aromatic carbocycles. The predicted octanol–water partition coefficient (Wildman–Crippen LogP) is 5.95. The summed E-state index contributed by atoms with van der Waals surface area (Å²) in [6.45, 7) is 2.90. The largest absolute Gasteiger partial charge is 0.478 e. The van der Waals surface area contributed by atoms with Crippen molar-refractivity contribution in [2.75, 3.05) is 58.0 Å². The van der Waals surface area contributed by atoms with Crippen LogP contribution in [0.3, 0.4) is 0 Å². The molecule has 0 saturated carbocycles. The monoisotopic (exact) mass is 641 g/mol. The number of hydrogen-bond donors (Lipinski definition) is 2. The highest BCUT2D eigenvalue weighted by molar-refractivity contribution is 6.08. The smallest absolute Gasteiger partial charge is 0.336 e. The van der Waals surface area contributed by atoms with Gasteiger partial charge in [0.05, 0.1) is 17.3 Å². The van der Waals surface area contributed by atoms with E-state index in [1.165, 1.54) is 0 Å². The van der Waals surface area contributed by atoms with Gasteiger partial charge >= 0.3 is 5.97 Å². The Labute approximate surface area is 280 Å². The van der Waals surface area contributed by atoms with Crippen molar-refractivity contribution in [2.45, 2.75) is 13.0 Å². The zero-order valence-corrected chi connectivity index (χ0v) is 27.9. The van der Waals surface area contributed by atoms with E-state index >= 15 is 0 Å². The van der Waals surface area contributed by atoms with Crippen LogP contribution in [0.4, 0.5) is 11.4 Å². The number of rotatable bonds is 12. The van der Waals surface area contributed by atoms with Gasteiger partial charge in [0.2, 0.25) is 5.36 Å². The third-order valence-corrected chi connectivity index (χ3v) is 8.52. The van der Waals surface area contributed by atoms with E-state index in [0.717, 1.165) is 64.1 Å². The SMILES string of the molecule is CN(C)c1ccc2c(-c3ccc(NCCN(CCc4ccccn4)Cc4ccccn4)cc3C(=O)O)c3ccc(=[N+](C)C)cc-3oc2c1. The summed E-state index contributed by atoms with van der Waals surface area (Å²) in [5.41, 5.74) is 7.03. The maximum Gasteiger partial charge on any atom is 0.336 e. The van der Waals surface area contributed by atoms with Crippen molar-refractivity contribution >= 4 is 28.3 Å². The van der Waals surface area contributed by atoms with Crippen molar-refractivity contribution in [3.05, 3.63) is 126 Å². The maximum absolute atomic E-state index is 12.8. The lowest BCUT2D eigenvalue weighted by Crippen LogP contribution is -2.31. The van der Waals surface area contributed by atoms with Gasteiger partial charge in [0, 0.05) is 105 Å². The number of nitrogens with zero attached hydrogens (tertiary/aromatic N) is 5. The first-order valence-corrected chi connectivity index (χ1v) is 16.1. The van der Waals surface area contributed by atoms with Gasteiger partial charge in [-0.25, -0.2) is 9.37 Å². The summed E-state index contributed by atoms with van der Waals surface area (Å²) >= 11 is 0. The Bertz CT molecular complexity index is 2070. The Morgan fingerprint density at radius 2 is 1.60 bits per heavy atom. The Morgan fingerprint density at radius 1 is 0.854 bits per heavy atom. The minimum atomic E-state index is -0.988. The van der Waals surface area contributed by atoms with Gasteiger partial charge in [0.1, 0.15) is 25.4 Å². The van der Waals surface area contributed by atoms with Crippen LogP contribution in [-0.2, 0) is 13.0 Å². The molecule has 3 heterocycles. The van der Waals surface area contributed by atoms with E-state index in [4.69, 9.17) is 4.42 Å². The summed E-state index contributed by atoms with van der Waals surface area (Å²) < 4.78 is 8.48. The molecule has 0 radical (unpaired) electrons. The van der Waals surface area contributed by atoms with Crippen LogP contribution in [0.2, 0.25) is 0 Å². The van der Waals surface area contributed by atoms with Crippen molar-refractivity contribution < 1.29 is 14.3 Å². The van der Waals surface area contributed by atoms with E-state index in [-0.39, 0.29) is 5.56 Å². The van der Waals surface area contributed by atoms with Crippen LogP contribution in [0, 0.1) is 0 Å². The Balaban J connectivity index is 1.31. The highest BCUT2D eigenvalue weighted by Crippen LogP contribution is 2.42. The first kappa shape index (κ1) is 32.4. The fraction of sp³-hybridized carbons (Fsp3) is 0.231. The van der Waals surface area contributed by atoms with E-state index in [2.05, 4.69) is 20.2 Å². The van der Waals surface area contributed by atoms with Crippen molar-refractivity contribution in [3.63, 3.8) is 0 Å². The number of carboxylic acids is 1. The topological polar surface area (TPSA) is 97.7 Å². The summed E-state index contributed by atoms with van der Waals surface area (Å²) in [5.74, 6) is -0.297. The van der Waals surface area contributed by atoms with E-state index in [1.54, 1.807) is 6.07 Å². The van der Waals surface area contributed by atoms with Gasteiger partial charge < -0.3 is 19.7 Å². The number of pyridine rings is 2. The molecule has 2 aromatic heterocycles. The van der Waals surface area contributed by atoms with Crippen LogP contribution in [0.15, 0.2) is 108 Å². The third kappa shape index (κ3) is 7.37. The van der Waals surface area contributed by atoms with Gasteiger partial charge in [-0.1, -0.05) is 18.2 Å². The molecule has 0 bridgehead atoms. The summed E-state index contributed by atoms with van der Waals surface area (Å²) in [7, 11) is 7.94. The first-order valence-electron chi connectivity index (χ1n) is 16.1. The maximum atomic E-state index is 12.8. The molecule has 9 nitrogen and oxygen atoms in total.